The van der Waals surface area contributed by atoms with E-state index >= 15 is 0 Å². The summed E-state index contributed by atoms with van der Waals surface area (Å²) in [5, 5.41) is 9.61. The molecule has 3 N–H and O–H groups in total. The van der Waals surface area contributed by atoms with Crippen LogP contribution in [-0.4, -0.2) is 26.4 Å². The molecule has 0 spiro atoms. The molecule has 1 heterocycles. The van der Waals surface area contributed by atoms with Crippen molar-refractivity contribution in [3.05, 3.63) is 24.0 Å². The number of hydrogen-bond donors (Lipinski definition) is 2. The number of aryl methyl sites for hydroxylation is 1. The van der Waals surface area contributed by atoms with E-state index in [1.54, 1.807) is 6.92 Å². The largest absolute Gasteiger partial charge is 0.386 e. The lowest BCUT2D eigenvalue weighted by Crippen LogP contribution is -2.12. The fourth-order valence-corrected chi connectivity index (χ4v) is 1.91. The topological polar surface area (TPSA) is 76.4 Å². The third-order valence-electron chi connectivity index (χ3n) is 2.68. The third-order valence-corrected chi connectivity index (χ3v) is 2.96. The van der Waals surface area contributed by atoms with Gasteiger partial charge in [0.15, 0.2) is 0 Å². The van der Waals surface area contributed by atoms with Crippen molar-refractivity contribution in [2.24, 2.45) is 17.8 Å². The monoisotopic (exact) mass is 266 g/mol. The van der Waals surface area contributed by atoms with Gasteiger partial charge in [-0.3, -0.25) is 0 Å². The van der Waals surface area contributed by atoms with Crippen LogP contribution in [0.3, 0.4) is 0 Å². The summed E-state index contributed by atoms with van der Waals surface area (Å²) >= 11 is 5.58. The average molecular weight is 267 g/mol. The van der Waals surface area contributed by atoms with E-state index in [1.807, 2.05) is 29.8 Å². The molecule has 96 valence electrons. The number of rotatable bonds is 3. The lowest BCUT2D eigenvalue weighted by atomic mass is 10.3. The van der Waals surface area contributed by atoms with Crippen LogP contribution in [0.4, 0.5) is 5.69 Å². The van der Waals surface area contributed by atoms with Gasteiger partial charge in [-0.25, -0.2) is 9.98 Å². The molecular formula is C12H15ClN4O. The lowest BCUT2D eigenvalue weighted by Gasteiger charge is -2.03. The standard InChI is InChI=1S/C12H15ClN4O/c1-7(18)12-16-9-5-8(15-11(14)6-13)3-4-10(9)17(12)2/h3-5,7,18H,6H2,1-2H3,(H2,14,15). The Bertz CT molecular complexity index is 603. The molecule has 0 saturated carbocycles. The van der Waals surface area contributed by atoms with Gasteiger partial charge in [0.25, 0.3) is 0 Å². The summed E-state index contributed by atoms with van der Waals surface area (Å²) < 4.78 is 1.86. The molecule has 0 aliphatic heterocycles. The third kappa shape index (κ3) is 2.32. The normalized spacial score (nSPS) is 14.1. The average Bonchev–Trinajstić information content (AvgIpc) is 2.66. The first-order chi connectivity index (χ1) is 8.52. The lowest BCUT2D eigenvalue weighted by molar-refractivity contribution is 0.186. The number of benzene rings is 1. The van der Waals surface area contributed by atoms with Crippen molar-refractivity contribution in [2.45, 2.75) is 13.0 Å². The zero-order valence-electron chi connectivity index (χ0n) is 10.3. The van der Waals surface area contributed by atoms with E-state index in [2.05, 4.69) is 9.98 Å². The van der Waals surface area contributed by atoms with Gasteiger partial charge in [-0.1, -0.05) is 0 Å². The first-order valence-electron chi connectivity index (χ1n) is 5.56. The van der Waals surface area contributed by atoms with E-state index in [0.717, 1.165) is 11.0 Å². The Morgan fingerprint density at radius 3 is 2.94 bits per heavy atom. The Balaban J connectivity index is 2.53. The summed E-state index contributed by atoms with van der Waals surface area (Å²) in [5.41, 5.74) is 8.00. The second-order valence-electron chi connectivity index (χ2n) is 4.11. The minimum atomic E-state index is -0.609. The van der Waals surface area contributed by atoms with Crippen molar-refractivity contribution in [1.29, 1.82) is 0 Å². The first-order valence-corrected chi connectivity index (χ1v) is 6.10. The van der Waals surface area contributed by atoms with Crippen LogP contribution in [0, 0.1) is 0 Å². The van der Waals surface area contributed by atoms with E-state index in [-0.39, 0.29) is 5.88 Å². The maximum atomic E-state index is 9.61. The highest BCUT2D eigenvalue weighted by molar-refractivity contribution is 6.28. The number of alkyl halides is 1. The van der Waals surface area contributed by atoms with Gasteiger partial charge in [0, 0.05) is 7.05 Å². The fraction of sp³-hybridized carbons (Fsp3) is 0.333. The highest BCUT2D eigenvalue weighted by Crippen LogP contribution is 2.23. The van der Waals surface area contributed by atoms with Crippen LogP contribution in [0.2, 0.25) is 0 Å². The maximum Gasteiger partial charge on any atom is 0.138 e. The van der Waals surface area contributed by atoms with Crippen molar-refractivity contribution < 1.29 is 5.11 Å². The van der Waals surface area contributed by atoms with Gasteiger partial charge < -0.3 is 15.4 Å². The van der Waals surface area contributed by atoms with Crippen molar-refractivity contribution >= 4 is 34.2 Å². The predicted molar refractivity (Wildman–Crippen MR) is 73.4 cm³/mol. The molecular weight excluding hydrogens is 252 g/mol. The van der Waals surface area contributed by atoms with Gasteiger partial charge in [0.2, 0.25) is 0 Å². The zero-order chi connectivity index (χ0) is 13.3. The Morgan fingerprint density at radius 1 is 1.61 bits per heavy atom. The summed E-state index contributed by atoms with van der Waals surface area (Å²) in [5.74, 6) is 1.18. The quantitative estimate of drug-likeness (QED) is 0.506. The van der Waals surface area contributed by atoms with Gasteiger partial charge >= 0.3 is 0 Å². The molecule has 5 nitrogen and oxygen atoms in total. The van der Waals surface area contributed by atoms with Crippen molar-refractivity contribution in [3.8, 4) is 0 Å². The number of fused-ring (bicyclic) bond motifs is 1. The minimum Gasteiger partial charge on any atom is -0.386 e. The van der Waals surface area contributed by atoms with Crippen molar-refractivity contribution in [1.82, 2.24) is 9.55 Å². The molecule has 1 atom stereocenters. The molecule has 2 rings (SSSR count). The Morgan fingerprint density at radius 2 is 2.33 bits per heavy atom. The number of imidazole rings is 1. The number of aliphatic hydroxyl groups is 1. The molecule has 1 aromatic carbocycles. The molecule has 2 aromatic rings. The van der Waals surface area contributed by atoms with E-state index in [4.69, 9.17) is 17.3 Å². The number of halogens is 1. The molecule has 0 aliphatic carbocycles. The zero-order valence-corrected chi connectivity index (χ0v) is 11.0. The Kier molecular flexibility index (Phi) is 3.54. The number of nitrogens with two attached hydrogens (primary N) is 1. The van der Waals surface area contributed by atoms with E-state index in [1.165, 1.54) is 0 Å². The number of aromatic nitrogens is 2. The van der Waals surface area contributed by atoms with Crippen LogP contribution in [0.1, 0.15) is 18.9 Å². The van der Waals surface area contributed by atoms with E-state index in [0.29, 0.717) is 17.3 Å². The summed E-state index contributed by atoms with van der Waals surface area (Å²) in [6.07, 6.45) is -0.609. The SMILES string of the molecule is CC(O)c1nc2cc(N=C(N)CCl)ccc2n1C. The summed E-state index contributed by atoms with van der Waals surface area (Å²) in [4.78, 5) is 8.54. The fourth-order valence-electron chi connectivity index (χ4n) is 1.85. The number of hydrogen-bond acceptors (Lipinski definition) is 3. The van der Waals surface area contributed by atoms with Gasteiger partial charge in [-0.2, -0.15) is 0 Å². The summed E-state index contributed by atoms with van der Waals surface area (Å²) in [6.45, 7) is 1.69. The number of aliphatic imine (C=N–C) groups is 1. The highest BCUT2D eigenvalue weighted by atomic mass is 35.5. The van der Waals surface area contributed by atoms with Crippen LogP contribution in [-0.2, 0) is 7.05 Å². The summed E-state index contributed by atoms with van der Waals surface area (Å²) in [6, 6.07) is 5.56. The van der Waals surface area contributed by atoms with Crippen LogP contribution in [0.5, 0.6) is 0 Å². The number of nitrogens with zero attached hydrogens (tertiary/aromatic N) is 3. The number of aliphatic hydroxyl groups excluding tert-OH is 1. The molecule has 0 bridgehead atoms. The molecule has 1 aromatic heterocycles. The highest BCUT2D eigenvalue weighted by Gasteiger charge is 2.12. The van der Waals surface area contributed by atoms with Crippen molar-refractivity contribution in [2.75, 3.05) is 5.88 Å². The number of amidine groups is 1. The Labute approximate surface area is 110 Å². The molecule has 0 radical (unpaired) electrons. The van der Waals surface area contributed by atoms with Crippen LogP contribution in [0.25, 0.3) is 11.0 Å². The second-order valence-corrected chi connectivity index (χ2v) is 4.38. The second kappa shape index (κ2) is 4.96. The van der Waals surface area contributed by atoms with E-state index in [9.17, 15) is 5.11 Å². The van der Waals surface area contributed by atoms with Gasteiger partial charge in [-0.05, 0) is 25.1 Å². The first kappa shape index (κ1) is 12.9. The van der Waals surface area contributed by atoms with Gasteiger partial charge in [0.1, 0.15) is 17.8 Å². The smallest absolute Gasteiger partial charge is 0.138 e. The maximum absolute atomic E-state index is 9.61. The van der Waals surface area contributed by atoms with Gasteiger partial charge in [0.05, 0.1) is 22.6 Å². The molecule has 18 heavy (non-hydrogen) atoms. The van der Waals surface area contributed by atoms with Crippen LogP contribution >= 0.6 is 11.6 Å². The predicted octanol–water partition coefficient (Wildman–Crippen LogP) is 1.85. The molecule has 0 fully saturated rings. The molecule has 6 heteroatoms. The molecule has 0 saturated heterocycles. The van der Waals surface area contributed by atoms with Crippen LogP contribution < -0.4 is 5.73 Å². The molecule has 0 aliphatic rings. The Hall–Kier alpha value is -1.59. The van der Waals surface area contributed by atoms with E-state index < -0.39 is 6.10 Å². The minimum absolute atomic E-state index is 0.194. The summed E-state index contributed by atoms with van der Waals surface area (Å²) in [7, 11) is 1.87. The molecule has 0 amide bonds. The van der Waals surface area contributed by atoms with Crippen molar-refractivity contribution in [3.63, 3.8) is 0 Å². The van der Waals surface area contributed by atoms with Crippen LogP contribution in [0.15, 0.2) is 23.2 Å². The molecule has 1 unspecified atom stereocenters. The van der Waals surface area contributed by atoms with Gasteiger partial charge in [-0.15, -0.1) is 11.6 Å².